The highest BCUT2D eigenvalue weighted by Gasteiger charge is 2.15. The number of rotatable bonds is 4. The van der Waals surface area contributed by atoms with Crippen LogP contribution in [0, 0.1) is 12.7 Å². The fourth-order valence-corrected chi connectivity index (χ4v) is 2.86. The Hall–Kier alpha value is -0.900. The Balaban J connectivity index is 2.28. The van der Waals surface area contributed by atoms with Crippen molar-refractivity contribution in [2.45, 2.75) is 19.4 Å². The maximum absolute atomic E-state index is 13.9. The molecule has 2 rings (SSSR count). The number of hydrogen-bond acceptors (Lipinski definition) is 1. The van der Waals surface area contributed by atoms with E-state index in [0.29, 0.717) is 12.0 Å². The van der Waals surface area contributed by atoms with Gasteiger partial charge in [0.15, 0.2) is 0 Å². The van der Waals surface area contributed by atoms with Gasteiger partial charge in [0.25, 0.3) is 0 Å². The number of halogens is 3. The van der Waals surface area contributed by atoms with Crippen LogP contribution in [0.5, 0.6) is 0 Å². The van der Waals surface area contributed by atoms with Crippen LogP contribution in [0.2, 0.25) is 5.02 Å². The van der Waals surface area contributed by atoms with Gasteiger partial charge in [-0.3, -0.25) is 0 Å². The van der Waals surface area contributed by atoms with Gasteiger partial charge in [0, 0.05) is 15.5 Å². The Morgan fingerprint density at radius 2 is 2.00 bits per heavy atom. The molecule has 0 aliphatic rings. The average molecular weight is 357 g/mol. The van der Waals surface area contributed by atoms with Gasteiger partial charge in [-0.25, -0.2) is 4.39 Å². The smallest absolute Gasteiger partial charge is 0.127 e. The van der Waals surface area contributed by atoms with Crippen LogP contribution in [0.25, 0.3) is 0 Å². The van der Waals surface area contributed by atoms with Crippen molar-refractivity contribution in [3.8, 4) is 0 Å². The van der Waals surface area contributed by atoms with Crippen molar-refractivity contribution in [1.82, 2.24) is 5.32 Å². The molecule has 1 nitrogen and oxygen atoms in total. The van der Waals surface area contributed by atoms with E-state index in [9.17, 15) is 4.39 Å². The molecule has 0 saturated heterocycles. The molecule has 2 aromatic rings. The highest BCUT2D eigenvalue weighted by Crippen LogP contribution is 2.26. The number of benzene rings is 2. The molecule has 20 heavy (non-hydrogen) atoms. The Bertz CT molecular complexity index is 615. The molecule has 1 N–H and O–H groups in total. The molecule has 0 aromatic heterocycles. The summed E-state index contributed by atoms with van der Waals surface area (Å²) in [6, 6.07) is 11.0. The Morgan fingerprint density at radius 3 is 2.60 bits per heavy atom. The molecule has 1 atom stereocenters. The van der Waals surface area contributed by atoms with Gasteiger partial charge in [0.05, 0.1) is 0 Å². The van der Waals surface area contributed by atoms with Crippen molar-refractivity contribution in [3.05, 3.63) is 68.4 Å². The first-order chi connectivity index (χ1) is 9.51. The molecule has 0 radical (unpaired) electrons. The summed E-state index contributed by atoms with van der Waals surface area (Å²) in [7, 11) is 1.88. The van der Waals surface area contributed by atoms with E-state index in [4.69, 9.17) is 11.6 Å². The van der Waals surface area contributed by atoms with Crippen molar-refractivity contribution in [2.75, 3.05) is 7.05 Å². The van der Waals surface area contributed by atoms with Crippen LogP contribution in [0.1, 0.15) is 22.7 Å². The third-order valence-corrected chi connectivity index (χ3v) is 4.12. The average Bonchev–Trinajstić information content (AvgIpc) is 2.39. The largest absolute Gasteiger partial charge is 0.313 e. The van der Waals surface area contributed by atoms with Gasteiger partial charge < -0.3 is 5.32 Å². The summed E-state index contributed by atoms with van der Waals surface area (Å²) >= 11 is 9.26. The Morgan fingerprint density at radius 1 is 1.25 bits per heavy atom. The van der Waals surface area contributed by atoms with E-state index in [0.717, 1.165) is 20.6 Å². The Labute approximate surface area is 132 Å². The van der Waals surface area contributed by atoms with Gasteiger partial charge in [-0.2, -0.15) is 0 Å². The number of aryl methyl sites for hydroxylation is 1. The van der Waals surface area contributed by atoms with Crippen LogP contribution in [-0.4, -0.2) is 7.05 Å². The lowest BCUT2D eigenvalue weighted by Crippen LogP contribution is -2.20. The van der Waals surface area contributed by atoms with E-state index in [2.05, 4.69) is 21.2 Å². The molecule has 0 heterocycles. The molecule has 0 aliphatic carbocycles. The van der Waals surface area contributed by atoms with Crippen molar-refractivity contribution in [2.24, 2.45) is 0 Å². The minimum atomic E-state index is -0.189. The topological polar surface area (TPSA) is 12.0 Å². The second-order valence-electron chi connectivity index (χ2n) is 4.78. The zero-order valence-electron chi connectivity index (χ0n) is 11.4. The number of likely N-dealkylation sites (N-methyl/N-ethyl adjacent to an activating group) is 1. The standard InChI is InChI=1S/C16H16BrClFN/c1-10-7-13(18)5-6-14(10)16(20-2)8-11-3-4-12(17)9-15(11)19/h3-7,9,16,20H,8H2,1-2H3. The van der Waals surface area contributed by atoms with E-state index in [1.807, 2.05) is 44.3 Å². The molecule has 0 fully saturated rings. The summed E-state index contributed by atoms with van der Waals surface area (Å²) in [5.74, 6) is -0.189. The molecule has 0 saturated carbocycles. The van der Waals surface area contributed by atoms with Crippen LogP contribution in [0.4, 0.5) is 4.39 Å². The maximum atomic E-state index is 13.9. The highest BCUT2D eigenvalue weighted by molar-refractivity contribution is 9.10. The molecule has 0 spiro atoms. The molecule has 106 valence electrons. The molecule has 0 amide bonds. The molecule has 4 heteroatoms. The zero-order valence-corrected chi connectivity index (χ0v) is 13.7. The first-order valence-corrected chi connectivity index (χ1v) is 7.55. The predicted molar refractivity (Wildman–Crippen MR) is 85.8 cm³/mol. The van der Waals surface area contributed by atoms with Gasteiger partial charge >= 0.3 is 0 Å². The number of hydrogen-bond donors (Lipinski definition) is 1. The molecular formula is C16H16BrClFN. The van der Waals surface area contributed by atoms with Crippen LogP contribution in [0.15, 0.2) is 40.9 Å². The van der Waals surface area contributed by atoms with Crippen molar-refractivity contribution >= 4 is 27.5 Å². The summed E-state index contributed by atoms with van der Waals surface area (Å²) in [6.45, 7) is 2.02. The maximum Gasteiger partial charge on any atom is 0.127 e. The van der Waals surface area contributed by atoms with Crippen LogP contribution in [-0.2, 0) is 6.42 Å². The monoisotopic (exact) mass is 355 g/mol. The lowest BCUT2D eigenvalue weighted by atomic mass is 9.95. The van der Waals surface area contributed by atoms with E-state index < -0.39 is 0 Å². The minimum Gasteiger partial charge on any atom is -0.313 e. The van der Waals surface area contributed by atoms with Gasteiger partial charge in [0.1, 0.15) is 5.82 Å². The predicted octanol–water partition coefficient (Wildman–Crippen LogP) is 5.05. The second-order valence-corrected chi connectivity index (χ2v) is 6.13. The minimum absolute atomic E-state index is 0.0583. The molecular weight excluding hydrogens is 341 g/mol. The quantitative estimate of drug-likeness (QED) is 0.808. The third-order valence-electron chi connectivity index (χ3n) is 3.39. The number of nitrogens with one attached hydrogen (secondary N) is 1. The zero-order chi connectivity index (χ0) is 14.7. The second kappa shape index (κ2) is 6.70. The van der Waals surface area contributed by atoms with Gasteiger partial charge in [0.2, 0.25) is 0 Å². The van der Waals surface area contributed by atoms with Crippen molar-refractivity contribution in [1.29, 1.82) is 0 Å². The summed E-state index contributed by atoms with van der Waals surface area (Å²) in [6.07, 6.45) is 0.595. The van der Waals surface area contributed by atoms with Crippen molar-refractivity contribution < 1.29 is 4.39 Å². The molecule has 0 aliphatic heterocycles. The van der Waals surface area contributed by atoms with Gasteiger partial charge in [-0.15, -0.1) is 0 Å². The molecule has 1 unspecified atom stereocenters. The SMILES string of the molecule is CNC(Cc1ccc(Br)cc1F)c1ccc(Cl)cc1C. The molecule has 0 bridgehead atoms. The normalized spacial score (nSPS) is 12.4. The van der Waals surface area contributed by atoms with Gasteiger partial charge in [-0.05, 0) is 61.3 Å². The summed E-state index contributed by atoms with van der Waals surface area (Å²) in [5, 5.41) is 3.97. The van der Waals surface area contributed by atoms with E-state index >= 15 is 0 Å². The van der Waals surface area contributed by atoms with Crippen LogP contribution >= 0.6 is 27.5 Å². The third kappa shape index (κ3) is 3.60. The van der Waals surface area contributed by atoms with E-state index in [-0.39, 0.29) is 11.9 Å². The highest BCUT2D eigenvalue weighted by atomic mass is 79.9. The Kier molecular flexibility index (Phi) is 5.19. The van der Waals surface area contributed by atoms with Gasteiger partial charge in [-0.1, -0.05) is 39.7 Å². The fraction of sp³-hybridized carbons (Fsp3) is 0.250. The van der Waals surface area contributed by atoms with Crippen LogP contribution in [0.3, 0.4) is 0 Å². The molecule has 2 aromatic carbocycles. The lowest BCUT2D eigenvalue weighted by molar-refractivity contribution is 0.552. The summed E-state index contributed by atoms with van der Waals surface area (Å²) < 4.78 is 14.7. The van der Waals surface area contributed by atoms with Crippen LogP contribution < -0.4 is 5.32 Å². The van der Waals surface area contributed by atoms with E-state index in [1.54, 1.807) is 0 Å². The van der Waals surface area contributed by atoms with Crippen molar-refractivity contribution in [3.63, 3.8) is 0 Å². The fourth-order valence-electron chi connectivity index (χ4n) is 2.30. The van der Waals surface area contributed by atoms with E-state index in [1.165, 1.54) is 6.07 Å². The lowest BCUT2D eigenvalue weighted by Gasteiger charge is -2.19. The first kappa shape index (κ1) is 15.5. The first-order valence-electron chi connectivity index (χ1n) is 6.38. The summed E-state index contributed by atoms with van der Waals surface area (Å²) in [5.41, 5.74) is 2.94. The summed E-state index contributed by atoms with van der Waals surface area (Å²) in [4.78, 5) is 0.